The fourth-order valence-electron chi connectivity index (χ4n) is 2.52. The van der Waals surface area contributed by atoms with E-state index in [0.29, 0.717) is 35.4 Å². The van der Waals surface area contributed by atoms with Gasteiger partial charge >= 0.3 is 0 Å². The predicted octanol–water partition coefficient (Wildman–Crippen LogP) is 3.32. The lowest BCUT2D eigenvalue weighted by Crippen LogP contribution is -2.10. The maximum atomic E-state index is 13.8. The maximum Gasteiger partial charge on any atom is 0.175 e. The molecular formula is C17H17FN2O2. The number of fused-ring (bicyclic) bond motifs is 1. The van der Waals surface area contributed by atoms with Crippen LogP contribution in [0.2, 0.25) is 0 Å². The van der Waals surface area contributed by atoms with Crippen molar-refractivity contribution in [1.29, 1.82) is 0 Å². The number of phenolic OH excluding ortho intramolecular Hbond substituents is 1. The summed E-state index contributed by atoms with van der Waals surface area (Å²) >= 11 is 0. The number of nitrogens with zero attached hydrogens (tertiary/aromatic N) is 2. The van der Waals surface area contributed by atoms with E-state index in [-0.39, 0.29) is 11.6 Å². The number of hydrogen-bond donors (Lipinski definition) is 1. The quantitative estimate of drug-likeness (QED) is 0.803. The molecule has 4 nitrogen and oxygen atoms in total. The number of hydrogen-bond acceptors (Lipinski definition) is 4. The first-order chi connectivity index (χ1) is 10.6. The van der Waals surface area contributed by atoms with Crippen LogP contribution in [0.4, 0.5) is 4.39 Å². The van der Waals surface area contributed by atoms with Gasteiger partial charge in [0.1, 0.15) is 11.6 Å². The Morgan fingerprint density at radius 1 is 1.18 bits per heavy atom. The summed E-state index contributed by atoms with van der Waals surface area (Å²) in [5.74, 6) is -0.0827. The Labute approximate surface area is 127 Å². The molecule has 0 amide bonds. The molecule has 1 aromatic heterocycles. The summed E-state index contributed by atoms with van der Waals surface area (Å²) in [6, 6.07) is 10.0. The molecule has 1 N–H and O–H groups in total. The molecule has 5 heteroatoms. The summed E-state index contributed by atoms with van der Waals surface area (Å²) in [6.07, 6.45) is 0.353. The highest BCUT2D eigenvalue weighted by atomic mass is 19.1. The van der Waals surface area contributed by atoms with Gasteiger partial charge in [0.15, 0.2) is 5.58 Å². The van der Waals surface area contributed by atoms with Crippen molar-refractivity contribution in [2.75, 3.05) is 14.1 Å². The third-order valence-corrected chi connectivity index (χ3v) is 3.58. The van der Waals surface area contributed by atoms with E-state index in [9.17, 15) is 9.50 Å². The molecule has 0 aliphatic carbocycles. The van der Waals surface area contributed by atoms with E-state index in [1.807, 2.05) is 19.0 Å². The van der Waals surface area contributed by atoms with Gasteiger partial charge in [0.05, 0.1) is 11.3 Å². The lowest BCUT2D eigenvalue weighted by molar-refractivity contribution is 0.378. The molecule has 0 bridgehead atoms. The number of halogens is 1. The minimum atomic E-state index is -0.258. The average Bonchev–Trinajstić information content (AvgIpc) is 2.87. The van der Waals surface area contributed by atoms with E-state index in [0.717, 1.165) is 5.39 Å². The number of aromatic hydroxyl groups is 1. The fraction of sp³-hybridized carbons (Fsp3) is 0.235. The van der Waals surface area contributed by atoms with Crippen LogP contribution in [0.15, 0.2) is 40.9 Å². The third kappa shape index (κ3) is 2.67. The highest BCUT2D eigenvalue weighted by molar-refractivity contribution is 5.84. The zero-order valence-electron chi connectivity index (χ0n) is 12.5. The van der Waals surface area contributed by atoms with Crippen LogP contribution in [0.5, 0.6) is 5.75 Å². The molecule has 0 aliphatic heterocycles. The largest absolute Gasteiger partial charge is 0.507 e. The Kier molecular flexibility index (Phi) is 3.81. The monoisotopic (exact) mass is 300 g/mol. The van der Waals surface area contributed by atoms with Gasteiger partial charge in [-0.2, -0.15) is 0 Å². The minimum absolute atomic E-state index is 0.176. The topological polar surface area (TPSA) is 49.5 Å². The van der Waals surface area contributed by atoms with Crippen molar-refractivity contribution >= 4 is 11.0 Å². The summed E-state index contributed by atoms with van der Waals surface area (Å²) in [5.41, 5.74) is 2.48. The standard InChI is InChI=1S/C17H17FN2O2/c1-20(2)10-13-16(21)8-7-12-15(19-22-17(12)13)9-11-5-3-4-6-14(11)18/h3-8,21H,9-10H2,1-2H3. The molecule has 0 atom stereocenters. The average molecular weight is 300 g/mol. The van der Waals surface area contributed by atoms with Crippen molar-refractivity contribution in [2.24, 2.45) is 0 Å². The summed E-state index contributed by atoms with van der Waals surface area (Å²) < 4.78 is 19.2. The molecular weight excluding hydrogens is 283 g/mol. The second-order valence-corrected chi connectivity index (χ2v) is 5.58. The highest BCUT2D eigenvalue weighted by Crippen LogP contribution is 2.31. The smallest absolute Gasteiger partial charge is 0.175 e. The molecule has 3 aromatic rings. The van der Waals surface area contributed by atoms with E-state index in [1.165, 1.54) is 6.07 Å². The predicted molar refractivity (Wildman–Crippen MR) is 82.3 cm³/mol. The molecule has 0 spiro atoms. The molecule has 0 saturated carbocycles. The van der Waals surface area contributed by atoms with E-state index in [1.54, 1.807) is 30.3 Å². The van der Waals surface area contributed by atoms with Gasteiger partial charge in [-0.15, -0.1) is 0 Å². The molecule has 0 unspecified atom stereocenters. The van der Waals surface area contributed by atoms with Crippen LogP contribution in [0.1, 0.15) is 16.8 Å². The highest BCUT2D eigenvalue weighted by Gasteiger charge is 2.17. The van der Waals surface area contributed by atoms with Crippen LogP contribution in [-0.4, -0.2) is 29.3 Å². The molecule has 0 fully saturated rings. The van der Waals surface area contributed by atoms with E-state index in [4.69, 9.17) is 4.52 Å². The molecule has 3 rings (SSSR count). The fourth-order valence-corrected chi connectivity index (χ4v) is 2.52. The number of rotatable bonds is 4. The number of phenols is 1. The van der Waals surface area contributed by atoms with Crippen molar-refractivity contribution in [3.8, 4) is 5.75 Å². The molecule has 114 valence electrons. The van der Waals surface area contributed by atoms with Crippen molar-refractivity contribution < 1.29 is 14.0 Å². The first-order valence-electron chi connectivity index (χ1n) is 7.03. The lowest BCUT2D eigenvalue weighted by Gasteiger charge is -2.11. The van der Waals surface area contributed by atoms with Gasteiger partial charge in [0, 0.05) is 18.4 Å². The van der Waals surface area contributed by atoms with Crippen LogP contribution in [0.3, 0.4) is 0 Å². The summed E-state index contributed by atoms with van der Waals surface area (Å²) in [5, 5.41) is 14.9. The maximum absolute atomic E-state index is 13.8. The molecule has 22 heavy (non-hydrogen) atoms. The Morgan fingerprint density at radius 3 is 2.68 bits per heavy atom. The Hall–Kier alpha value is -2.40. The van der Waals surface area contributed by atoms with Gasteiger partial charge in [-0.3, -0.25) is 0 Å². The van der Waals surface area contributed by atoms with Crippen LogP contribution in [-0.2, 0) is 13.0 Å². The summed E-state index contributed by atoms with van der Waals surface area (Å²) in [7, 11) is 3.82. The zero-order chi connectivity index (χ0) is 15.7. The van der Waals surface area contributed by atoms with Crippen molar-refractivity contribution in [3.05, 3.63) is 59.0 Å². The van der Waals surface area contributed by atoms with Crippen LogP contribution < -0.4 is 0 Å². The third-order valence-electron chi connectivity index (χ3n) is 3.58. The Balaban J connectivity index is 2.04. The van der Waals surface area contributed by atoms with E-state index >= 15 is 0 Å². The second-order valence-electron chi connectivity index (χ2n) is 5.58. The summed E-state index contributed by atoms with van der Waals surface area (Å²) in [4.78, 5) is 1.94. The first kappa shape index (κ1) is 14.5. The molecule has 0 aliphatic rings. The van der Waals surface area contributed by atoms with E-state index in [2.05, 4.69) is 5.16 Å². The second kappa shape index (κ2) is 5.77. The normalized spacial score (nSPS) is 11.5. The van der Waals surface area contributed by atoms with Gasteiger partial charge in [0.25, 0.3) is 0 Å². The lowest BCUT2D eigenvalue weighted by atomic mass is 10.0. The van der Waals surface area contributed by atoms with Crippen molar-refractivity contribution in [2.45, 2.75) is 13.0 Å². The first-order valence-corrected chi connectivity index (χ1v) is 7.03. The van der Waals surface area contributed by atoms with Crippen molar-refractivity contribution in [3.63, 3.8) is 0 Å². The zero-order valence-corrected chi connectivity index (χ0v) is 12.5. The summed E-state index contributed by atoms with van der Waals surface area (Å²) in [6.45, 7) is 0.539. The molecule has 0 saturated heterocycles. The Bertz CT molecular complexity index is 812. The van der Waals surface area contributed by atoms with Gasteiger partial charge in [-0.05, 0) is 37.9 Å². The van der Waals surface area contributed by atoms with Gasteiger partial charge in [0.2, 0.25) is 0 Å². The van der Waals surface area contributed by atoms with Gasteiger partial charge < -0.3 is 14.5 Å². The van der Waals surface area contributed by atoms with Gasteiger partial charge in [-0.1, -0.05) is 23.4 Å². The minimum Gasteiger partial charge on any atom is -0.507 e. The molecule has 1 heterocycles. The number of aromatic nitrogens is 1. The SMILES string of the molecule is CN(C)Cc1c(O)ccc2c(Cc3ccccc3F)noc12. The molecule has 2 aromatic carbocycles. The molecule has 0 radical (unpaired) electrons. The van der Waals surface area contributed by atoms with Crippen LogP contribution in [0.25, 0.3) is 11.0 Å². The van der Waals surface area contributed by atoms with E-state index < -0.39 is 0 Å². The Morgan fingerprint density at radius 2 is 1.95 bits per heavy atom. The van der Waals surface area contributed by atoms with Crippen LogP contribution >= 0.6 is 0 Å². The van der Waals surface area contributed by atoms with Crippen LogP contribution in [0, 0.1) is 5.82 Å². The van der Waals surface area contributed by atoms with Crippen molar-refractivity contribution in [1.82, 2.24) is 10.1 Å². The number of benzene rings is 2. The van der Waals surface area contributed by atoms with Gasteiger partial charge in [-0.25, -0.2) is 4.39 Å².